The number of rotatable bonds is 4. The Balaban J connectivity index is 2.32. The van der Waals surface area contributed by atoms with Gasteiger partial charge in [0.05, 0.1) is 5.56 Å². The summed E-state index contributed by atoms with van der Waals surface area (Å²) in [7, 11) is 11.1. The monoisotopic (exact) mass is 290 g/mol. The molecule has 1 aromatic heterocycles. The molecule has 0 saturated carbocycles. The minimum atomic E-state index is -0.176. The van der Waals surface area contributed by atoms with Crippen LogP contribution in [0.25, 0.3) is 0 Å². The van der Waals surface area contributed by atoms with Crippen molar-refractivity contribution in [2.24, 2.45) is 4.90 Å². The molecule has 4 radical (unpaired) electrons. The van der Waals surface area contributed by atoms with Gasteiger partial charge >= 0.3 is 0 Å². The molecule has 7 nitrogen and oxygen atoms in total. The lowest BCUT2D eigenvalue weighted by atomic mass is 9.93. The molecule has 22 heavy (non-hydrogen) atoms. The third-order valence-corrected chi connectivity index (χ3v) is 2.74. The van der Waals surface area contributed by atoms with Gasteiger partial charge < -0.3 is 21.3 Å². The number of carbonyl (C=O) groups excluding carboxylic acids is 1. The fourth-order valence-electron chi connectivity index (χ4n) is 1.80. The molecule has 2 rings (SSSR count). The van der Waals surface area contributed by atoms with Gasteiger partial charge in [0, 0.05) is 24.5 Å². The van der Waals surface area contributed by atoms with E-state index in [1.54, 1.807) is 18.2 Å². The summed E-state index contributed by atoms with van der Waals surface area (Å²) in [6.07, 6.45) is 2.66. The Hall–Kier alpha value is -2.83. The van der Waals surface area contributed by atoms with E-state index in [9.17, 15) is 4.79 Å². The van der Waals surface area contributed by atoms with Gasteiger partial charge in [-0.1, -0.05) is 5.46 Å². The predicted octanol–water partition coefficient (Wildman–Crippen LogP) is 0.0570. The molecule has 0 spiro atoms. The van der Waals surface area contributed by atoms with Crippen LogP contribution in [0.4, 0.5) is 23.0 Å². The molecule has 0 saturated heterocycles. The van der Waals surface area contributed by atoms with Gasteiger partial charge in [0.2, 0.25) is 5.91 Å². The quantitative estimate of drug-likeness (QED) is 0.545. The first-order chi connectivity index (χ1) is 10.5. The molecule has 1 heterocycles. The van der Waals surface area contributed by atoms with E-state index in [0.29, 0.717) is 28.2 Å². The van der Waals surface area contributed by atoms with E-state index in [1.165, 1.54) is 19.5 Å². The fraction of sp³-hybridized carbons (Fsp3) is 0.0769. The Morgan fingerprint density at radius 2 is 2.18 bits per heavy atom. The van der Waals surface area contributed by atoms with E-state index < -0.39 is 0 Å². The molecule has 9 heteroatoms. The molecule has 0 fully saturated rings. The SMILES string of the molecule is [B]N=Cc1c(N)ncnc1Nc1ccc(NC(C)=O)cc1[B]. The van der Waals surface area contributed by atoms with Gasteiger partial charge in [0.1, 0.15) is 25.8 Å². The number of nitrogens with one attached hydrogen (secondary N) is 2. The summed E-state index contributed by atoms with van der Waals surface area (Å²) in [6.45, 7) is 1.42. The van der Waals surface area contributed by atoms with Crippen LogP contribution in [0, 0.1) is 0 Å². The number of anilines is 4. The Kier molecular flexibility index (Phi) is 4.77. The molecular formula is C13H12B2N6O. The zero-order valence-corrected chi connectivity index (χ0v) is 11.9. The molecule has 0 atom stereocenters. The summed E-state index contributed by atoms with van der Waals surface area (Å²) in [4.78, 5) is 22.4. The number of carbonyl (C=O) groups is 1. The number of hydrogen-bond acceptors (Lipinski definition) is 6. The Bertz CT molecular complexity index is 734. The first-order valence-corrected chi connectivity index (χ1v) is 6.29. The molecule has 106 valence electrons. The molecule has 2 aromatic rings. The molecule has 0 bridgehead atoms. The zero-order valence-electron chi connectivity index (χ0n) is 11.9. The van der Waals surface area contributed by atoms with Gasteiger partial charge in [0.25, 0.3) is 7.98 Å². The van der Waals surface area contributed by atoms with Gasteiger partial charge in [-0.25, -0.2) is 9.97 Å². The first-order valence-electron chi connectivity index (χ1n) is 6.29. The number of nitrogen functional groups attached to an aromatic ring is 1. The van der Waals surface area contributed by atoms with Crippen molar-refractivity contribution in [2.75, 3.05) is 16.4 Å². The molecular weight excluding hydrogens is 278 g/mol. The maximum atomic E-state index is 11.0. The number of nitrogens with zero attached hydrogens (tertiary/aromatic N) is 3. The number of nitrogens with two attached hydrogens (primary N) is 1. The van der Waals surface area contributed by atoms with Crippen molar-refractivity contribution in [3.05, 3.63) is 30.1 Å². The first kappa shape index (κ1) is 15.6. The van der Waals surface area contributed by atoms with Crippen LogP contribution in [0.2, 0.25) is 0 Å². The van der Waals surface area contributed by atoms with Crippen molar-refractivity contribution >= 4 is 56.4 Å². The number of amides is 1. The second-order valence-electron chi connectivity index (χ2n) is 4.41. The summed E-state index contributed by atoms with van der Waals surface area (Å²) in [6, 6.07) is 5.05. The minimum absolute atomic E-state index is 0.176. The largest absolute Gasteiger partial charge is 0.383 e. The average molecular weight is 290 g/mol. The molecule has 4 N–H and O–H groups in total. The van der Waals surface area contributed by atoms with Gasteiger partial charge in [0.15, 0.2) is 0 Å². The van der Waals surface area contributed by atoms with Crippen molar-refractivity contribution in [1.82, 2.24) is 9.97 Å². The molecule has 0 unspecified atom stereocenters. The average Bonchev–Trinajstić information content (AvgIpc) is 2.45. The molecule has 1 aromatic carbocycles. The Labute approximate surface area is 130 Å². The summed E-state index contributed by atoms with van der Waals surface area (Å²) in [5, 5.41) is 5.68. The standard InChI is InChI=1S/C13H12B2N6O/c1-7(22)20-8-2-3-11(10(14)4-8)21-13-9(5-19-15)12(16)17-6-18-13/h2-6H,1H3,(H,20,22)(H3,16,17,18,21). The van der Waals surface area contributed by atoms with Crippen LogP contribution in [0.15, 0.2) is 29.4 Å². The van der Waals surface area contributed by atoms with Crippen LogP contribution in [-0.4, -0.2) is 37.9 Å². The van der Waals surface area contributed by atoms with Crippen LogP contribution in [0.3, 0.4) is 0 Å². The Morgan fingerprint density at radius 1 is 1.41 bits per heavy atom. The lowest BCUT2D eigenvalue weighted by molar-refractivity contribution is -0.114. The van der Waals surface area contributed by atoms with Crippen LogP contribution in [0.5, 0.6) is 0 Å². The van der Waals surface area contributed by atoms with Crippen molar-refractivity contribution in [2.45, 2.75) is 6.92 Å². The lowest BCUT2D eigenvalue weighted by Gasteiger charge is -2.13. The summed E-state index contributed by atoms with van der Waals surface area (Å²) >= 11 is 0. The van der Waals surface area contributed by atoms with Gasteiger partial charge in [-0.2, -0.15) is 0 Å². The highest BCUT2D eigenvalue weighted by atomic mass is 16.1. The van der Waals surface area contributed by atoms with Crippen LogP contribution >= 0.6 is 0 Å². The van der Waals surface area contributed by atoms with Crippen LogP contribution in [-0.2, 0) is 4.79 Å². The van der Waals surface area contributed by atoms with E-state index in [0.717, 1.165) is 0 Å². The van der Waals surface area contributed by atoms with Crippen molar-refractivity contribution in [3.63, 3.8) is 0 Å². The highest BCUT2D eigenvalue weighted by Gasteiger charge is 2.09. The minimum Gasteiger partial charge on any atom is -0.383 e. The highest BCUT2D eigenvalue weighted by Crippen LogP contribution is 2.20. The summed E-state index contributed by atoms with van der Waals surface area (Å²) in [5.74, 6) is 0.478. The van der Waals surface area contributed by atoms with Crippen molar-refractivity contribution in [1.29, 1.82) is 0 Å². The number of aromatic nitrogens is 2. The number of hydrogen-bond donors (Lipinski definition) is 3. The second kappa shape index (κ2) is 6.75. The van der Waals surface area contributed by atoms with E-state index in [2.05, 4.69) is 25.5 Å². The zero-order chi connectivity index (χ0) is 16.1. The van der Waals surface area contributed by atoms with E-state index >= 15 is 0 Å². The summed E-state index contributed by atoms with van der Waals surface area (Å²) < 4.78 is 0. The van der Waals surface area contributed by atoms with Gasteiger partial charge in [-0.05, 0) is 18.2 Å². The van der Waals surface area contributed by atoms with Crippen molar-refractivity contribution < 1.29 is 4.79 Å². The molecule has 1 amide bonds. The molecule has 0 aliphatic heterocycles. The van der Waals surface area contributed by atoms with E-state index in [4.69, 9.17) is 21.6 Å². The maximum absolute atomic E-state index is 11.0. The third kappa shape index (κ3) is 3.63. The molecule has 0 aliphatic rings. The van der Waals surface area contributed by atoms with Crippen molar-refractivity contribution in [3.8, 4) is 0 Å². The smallest absolute Gasteiger partial charge is 0.259 e. The van der Waals surface area contributed by atoms with Crippen LogP contribution < -0.4 is 21.8 Å². The predicted molar refractivity (Wildman–Crippen MR) is 89.2 cm³/mol. The van der Waals surface area contributed by atoms with E-state index in [-0.39, 0.29) is 11.7 Å². The van der Waals surface area contributed by atoms with Crippen LogP contribution in [0.1, 0.15) is 12.5 Å². The summed E-state index contributed by atoms with van der Waals surface area (Å²) in [5.41, 5.74) is 7.84. The maximum Gasteiger partial charge on any atom is 0.259 e. The Morgan fingerprint density at radius 3 is 2.82 bits per heavy atom. The number of benzene rings is 1. The highest BCUT2D eigenvalue weighted by molar-refractivity contribution is 6.36. The molecule has 0 aliphatic carbocycles. The third-order valence-electron chi connectivity index (χ3n) is 2.74. The van der Waals surface area contributed by atoms with Gasteiger partial charge in [-0.3, -0.25) is 4.79 Å². The fourth-order valence-corrected chi connectivity index (χ4v) is 1.80. The lowest BCUT2D eigenvalue weighted by Crippen LogP contribution is -2.14. The van der Waals surface area contributed by atoms with Gasteiger partial charge in [-0.15, -0.1) is 0 Å². The second-order valence-corrected chi connectivity index (χ2v) is 4.41. The van der Waals surface area contributed by atoms with E-state index in [1.807, 2.05) is 0 Å². The topological polar surface area (TPSA) is 105 Å². The normalized spacial score (nSPS) is 10.6.